The Labute approximate surface area is 174 Å². The Hall–Kier alpha value is -1.74. The summed E-state index contributed by atoms with van der Waals surface area (Å²) in [5.41, 5.74) is 0.0572. The monoisotopic (exact) mass is 442 g/mol. The number of amides is 1. The van der Waals surface area contributed by atoms with Gasteiger partial charge in [0.1, 0.15) is 5.75 Å². The standard InChI is InChI=1S/C19H23ClN2O4S2/c1-4-22(5-2)28(25,26)16-10-11-18(23)17(12-16)21-19(24)13(3)27-15-8-6-14(20)7-9-15/h6-13,23H,4-5H2,1-3H3,(H,21,24)/t13-/m1/s1. The minimum absolute atomic E-state index is 0.0160. The summed E-state index contributed by atoms with van der Waals surface area (Å²) in [4.78, 5) is 13.4. The molecule has 2 N–H and O–H groups in total. The van der Waals surface area contributed by atoms with Gasteiger partial charge in [0.2, 0.25) is 15.9 Å². The van der Waals surface area contributed by atoms with E-state index < -0.39 is 15.3 Å². The molecule has 0 saturated carbocycles. The summed E-state index contributed by atoms with van der Waals surface area (Å²) in [7, 11) is -3.70. The third-order valence-electron chi connectivity index (χ3n) is 4.06. The molecule has 0 aliphatic heterocycles. The smallest absolute Gasteiger partial charge is 0.243 e. The molecule has 2 aromatic carbocycles. The van der Waals surface area contributed by atoms with Gasteiger partial charge in [-0.05, 0) is 49.4 Å². The van der Waals surface area contributed by atoms with E-state index in [4.69, 9.17) is 11.6 Å². The predicted molar refractivity (Wildman–Crippen MR) is 114 cm³/mol. The molecule has 28 heavy (non-hydrogen) atoms. The lowest BCUT2D eigenvalue weighted by molar-refractivity contribution is -0.115. The van der Waals surface area contributed by atoms with Gasteiger partial charge in [-0.1, -0.05) is 25.4 Å². The number of carbonyl (C=O) groups excluding carboxylic acids is 1. The molecule has 0 radical (unpaired) electrons. The average molecular weight is 443 g/mol. The van der Waals surface area contributed by atoms with Crippen molar-refractivity contribution in [3.05, 3.63) is 47.5 Å². The van der Waals surface area contributed by atoms with Crippen molar-refractivity contribution in [1.82, 2.24) is 4.31 Å². The number of halogens is 1. The summed E-state index contributed by atoms with van der Waals surface area (Å²) in [6.07, 6.45) is 0. The van der Waals surface area contributed by atoms with Gasteiger partial charge >= 0.3 is 0 Å². The Morgan fingerprint density at radius 1 is 1.18 bits per heavy atom. The van der Waals surface area contributed by atoms with Crippen LogP contribution < -0.4 is 5.32 Å². The molecule has 0 bridgehead atoms. The fourth-order valence-corrected chi connectivity index (χ4v) is 4.97. The van der Waals surface area contributed by atoms with Crippen LogP contribution in [-0.4, -0.2) is 42.1 Å². The Morgan fingerprint density at radius 2 is 1.79 bits per heavy atom. The van der Waals surface area contributed by atoms with E-state index in [0.29, 0.717) is 18.1 Å². The van der Waals surface area contributed by atoms with Gasteiger partial charge in [0, 0.05) is 23.0 Å². The second-order valence-corrected chi connectivity index (χ2v) is 9.76. The topological polar surface area (TPSA) is 86.7 Å². The van der Waals surface area contributed by atoms with Crippen LogP contribution in [0.4, 0.5) is 5.69 Å². The van der Waals surface area contributed by atoms with Crippen molar-refractivity contribution in [3.63, 3.8) is 0 Å². The quantitative estimate of drug-likeness (QED) is 0.472. The van der Waals surface area contributed by atoms with Crippen molar-refractivity contribution in [2.75, 3.05) is 18.4 Å². The SMILES string of the molecule is CCN(CC)S(=O)(=O)c1ccc(O)c(NC(=O)[C@@H](C)Sc2ccc(Cl)cc2)c1. The molecule has 1 amide bonds. The maximum absolute atomic E-state index is 12.7. The number of aromatic hydroxyl groups is 1. The highest BCUT2D eigenvalue weighted by molar-refractivity contribution is 8.00. The van der Waals surface area contributed by atoms with E-state index in [0.717, 1.165) is 4.90 Å². The number of thioether (sulfide) groups is 1. The lowest BCUT2D eigenvalue weighted by Crippen LogP contribution is -2.30. The summed E-state index contributed by atoms with van der Waals surface area (Å²) >= 11 is 7.19. The van der Waals surface area contributed by atoms with Gasteiger partial charge < -0.3 is 10.4 Å². The largest absolute Gasteiger partial charge is 0.506 e. The van der Waals surface area contributed by atoms with Crippen molar-refractivity contribution in [1.29, 1.82) is 0 Å². The molecule has 0 aliphatic carbocycles. The molecular weight excluding hydrogens is 420 g/mol. The highest BCUT2D eigenvalue weighted by atomic mass is 35.5. The maximum Gasteiger partial charge on any atom is 0.243 e. The molecule has 0 aliphatic rings. The highest BCUT2D eigenvalue weighted by Gasteiger charge is 2.23. The molecule has 0 unspecified atom stereocenters. The number of anilines is 1. The second kappa shape index (κ2) is 9.65. The molecule has 0 fully saturated rings. The molecular formula is C19H23ClN2O4S2. The zero-order valence-corrected chi connectivity index (χ0v) is 18.2. The number of hydrogen-bond donors (Lipinski definition) is 2. The van der Waals surface area contributed by atoms with E-state index in [-0.39, 0.29) is 22.2 Å². The van der Waals surface area contributed by atoms with Gasteiger partial charge in [-0.25, -0.2) is 8.42 Å². The van der Waals surface area contributed by atoms with Crippen molar-refractivity contribution >= 4 is 45.0 Å². The molecule has 2 aromatic rings. The lowest BCUT2D eigenvalue weighted by atomic mass is 10.3. The van der Waals surface area contributed by atoms with E-state index in [1.165, 1.54) is 34.3 Å². The first kappa shape index (κ1) is 22.5. The number of nitrogens with zero attached hydrogens (tertiary/aromatic N) is 1. The van der Waals surface area contributed by atoms with Gasteiger partial charge in [-0.3, -0.25) is 4.79 Å². The third kappa shape index (κ3) is 5.41. The minimum Gasteiger partial charge on any atom is -0.506 e. The molecule has 9 heteroatoms. The van der Waals surface area contributed by atoms with E-state index in [2.05, 4.69) is 5.32 Å². The number of rotatable bonds is 8. The predicted octanol–water partition coefficient (Wildman–Crippen LogP) is 4.20. The number of hydrogen-bond acceptors (Lipinski definition) is 5. The third-order valence-corrected chi connectivity index (χ3v) is 7.47. The zero-order valence-electron chi connectivity index (χ0n) is 15.8. The summed E-state index contributed by atoms with van der Waals surface area (Å²) in [5, 5.41) is 12.8. The molecule has 1 atom stereocenters. The maximum atomic E-state index is 12.7. The van der Waals surface area contributed by atoms with Crippen LogP contribution in [-0.2, 0) is 14.8 Å². The van der Waals surface area contributed by atoms with Crippen LogP contribution >= 0.6 is 23.4 Å². The van der Waals surface area contributed by atoms with Crippen molar-refractivity contribution < 1.29 is 18.3 Å². The van der Waals surface area contributed by atoms with Crippen LogP contribution in [0.15, 0.2) is 52.3 Å². The van der Waals surface area contributed by atoms with E-state index >= 15 is 0 Å². The molecule has 152 valence electrons. The van der Waals surface area contributed by atoms with Crippen LogP contribution in [0.25, 0.3) is 0 Å². The summed E-state index contributed by atoms with van der Waals surface area (Å²) in [6.45, 7) is 5.88. The molecule has 0 heterocycles. The molecule has 0 aromatic heterocycles. The summed E-state index contributed by atoms with van der Waals surface area (Å²) in [5.74, 6) is -0.553. The fourth-order valence-electron chi connectivity index (χ4n) is 2.49. The summed E-state index contributed by atoms with van der Waals surface area (Å²) in [6, 6.07) is 11.0. The average Bonchev–Trinajstić information content (AvgIpc) is 2.65. The van der Waals surface area contributed by atoms with Crippen LogP contribution in [0.3, 0.4) is 0 Å². The first-order chi connectivity index (χ1) is 13.2. The zero-order chi connectivity index (χ0) is 20.9. The Bertz CT molecular complexity index is 929. The first-order valence-corrected chi connectivity index (χ1v) is 11.4. The van der Waals surface area contributed by atoms with E-state index in [9.17, 15) is 18.3 Å². The molecule has 0 saturated heterocycles. The van der Waals surface area contributed by atoms with E-state index in [1.54, 1.807) is 32.9 Å². The van der Waals surface area contributed by atoms with Gasteiger partial charge in [-0.2, -0.15) is 4.31 Å². The van der Waals surface area contributed by atoms with Crippen LogP contribution in [0.2, 0.25) is 5.02 Å². The van der Waals surface area contributed by atoms with Crippen LogP contribution in [0.5, 0.6) is 5.75 Å². The van der Waals surface area contributed by atoms with Crippen LogP contribution in [0.1, 0.15) is 20.8 Å². The number of phenols is 1. The van der Waals surface area contributed by atoms with Crippen molar-refractivity contribution in [2.45, 2.75) is 35.8 Å². The van der Waals surface area contributed by atoms with Gasteiger partial charge in [0.25, 0.3) is 0 Å². The summed E-state index contributed by atoms with van der Waals surface area (Å²) < 4.78 is 26.6. The first-order valence-electron chi connectivity index (χ1n) is 8.75. The normalized spacial score (nSPS) is 12.8. The van der Waals surface area contributed by atoms with E-state index in [1.807, 2.05) is 12.1 Å². The molecule has 6 nitrogen and oxygen atoms in total. The number of benzene rings is 2. The minimum atomic E-state index is -3.70. The molecule has 2 rings (SSSR count). The number of nitrogens with one attached hydrogen (secondary N) is 1. The Balaban J connectivity index is 2.18. The van der Waals surface area contributed by atoms with Crippen molar-refractivity contribution in [3.8, 4) is 5.75 Å². The number of phenolic OH excluding ortho intramolecular Hbond substituents is 1. The van der Waals surface area contributed by atoms with Gasteiger partial charge in [0.15, 0.2) is 0 Å². The number of carbonyl (C=O) groups is 1. The van der Waals surface area contributed by atoms with Crippen molar-refractivity contribution in [2.24, 2.45) is 0 Å². The Morgan fingerprint density at radius 3 is 2.36 bits per heavy atom. The molecule has 0 spiro atoms. The van der Waals surface area contributed by atoms with Gasteiger partial charge in [-0.15, -0.1) is 11.8 Å². The fraction of sp³-hybridized carbons (Fsp3) is 0.316. The van der Waals surface area contributed by atoms with Gasteiger partial charge in [0.05, 0.1) is 15.8 Å². The second-order valence-electron chi connectivity index (χ2n) is 5.97. The van der Waals surface area contributed by atoms with Crippen LogP contribution in [0, 0.1) is 0 Å². The highest BCUT2D eigenvalue weighted by Crippen LogP contribution is 2.30. The number of sulfonamides is 1. The lowest BCUT2D eigenvalue weighted by Gasteiger charge is -2.19. The Kier molecular flexibility index (Phi) is 7.77.